The summed E-state index contributed by atoms with van der Waals surface area (Å²) in [6.07, 6.45) is 14.3. The van der Waals surface area contributed by atoms with Crippen LogP contribution in [-0.4, -0.2) is 0 Å². The largest absolute Gasteiger partial charge is 0.432 e. The van der Waals surface area contributed by atoms with Gasteiger partial charge in [0.1, 0.15) is 34.6 Å². The number of rotatable bonds is 12. The lowest BCUT2D eigenvalue weighted by Crippen LogP contribution is -2.25. The molecule has 3 aromatic rings. The van der Waals surface area contributed by atoms with E-state index in [9.17, 15) is 13.2 Å². The topological polar surface area (TPSA) is 9.23 Å². The van der Waals surface area contributed by atoms with Crippen molar-refractivity contribution in [3.8, 4) is 16.9 Å². The van der Waals surface area contributed by atoms with Crippen molar-refractivity contribution in [2.45, 2.75) is 109 Å². The third-order valence-corrected chi connectivity index (χ3v) is 10.4. The number of hydrogen-bond donors (Lipinski definition) is 0. The van der Waals surface area contributed by atoms with Gasteiger partial charge < -0.3 is 4.74 Å². The van der Waals surface area contributed by atoms with Crippen LogP contribution in [0.4, 0.5) is 26.3 Å². The van der Waals surface area contributed by atoms with E-state index >= 15 is 13.2 Å². The number of hydrogen-bond acceptors (Lipinski definition) is 1. The lowest BCUT2D eigenvalue weighted by molar-refractivity contribution is -0.189. The second kappa shape index (κ2) is 15.8. The predicted molar refractivity (Wildman–Crippen MR) is 176 cm³/mol. The average Bonchev–Trinajstić information content (AvgIpc) is 3.04. The van der Waals surface area contributed by atoms with E-state index in [-0.39, 0.29) is 22.6 Å². The molecule has 5 rings (SSSR count). The summed E-state index contributed by atoms with van der Waals surface area (Å²) in [5.41, 5.74) is -0.892. The monoisotopic (exact) mass is 656 g/mol. The Bertz CT molecular complexity index is 1490. The number of ether oxygens (including phenoxy) is 1. The zero-order valence-corrected chi connectivity index (χ0v) is 27.5. The molecule has 0 radical (unpaired) electrons. The molecular formula is C40H46F6O. The van der Waals surface area contributed by atoms with Gasteiger partial charge in [-0.1, -0.05) is 76.7 Å². The Labute approximate surface area is 275 Å². The minimum absolute atomic E-state index is 0.0792. The number of alkyl halides is 2. The molecular weight excluding hydrogens is 610 g/mol. The van der Waals surface area contributed by atoms with E-state index in [2.05, 4.69) is 11.7 Å². The van der Waals surface area contributed by atoms with Gasteiger partial charge in [-0.3, -0.25) is 0 Å². The molecule has 0 unspecified atom stereocenters. The molecule has 0 amide bonds. The van der Waals surface area contributed by atoms with Gasteiger partial charge in [0, 0.05) is 17.2 Å². The lowest BCUT2D eigenvalue weighted by Gasteiger charge is -2.38. The molecule has 0 aromatic heterocycles. The fraction of sp³-hybridized carbons (Fsp3) is 0.500. The molecule has 0 atom stereocenters. The summed E-state index contributed by atoms with van der Waals surface area (Å²) >= 11 is 0. The fourth-order valence-electron chi connectivity index (χ4n) is 7.73. The molecule has 1 nitrogen and oxygen atoms in total. The number of unbranched alkanes of at least 4 members (excludes halogenated alkanes) is 2. The van der Waals surface area contributed by atoms with Crippen molar-refractivity contribution in [1.82, 2.24) is 0 Å². The standard InChI is InChI=1S/C40H46F6O/c1-3-5-7-8-26-10-12-27(13-11-26)28-14-16-29(17-15-28)31-19-21-34(36(42)22-31)32-23-37(43)39(38(44)24-32)40(45,46)47-33-20-18-30(9-6-4-2)35(41)25-33/h6,9,18-29H,3-5,7-8,10-17H2,1-2H3/b9-6+. The lowest BCUT2D eigenvalue weighted by atomic mass is 9.68. The normalized spacial score (nSPS) is 22.1. The molecule has 0 aliphatic heterocycles. The molecule has 0 heterocycles. The van der Waals surface area contributed by atoms with Crippen LogP contribution in [0.15, 0.2) is 54.6 Å². The first-order valence-electron chi connectivity index (χ1n) is 17.4. The van der Waals surface area contributed by atoms with Crippen LogP contribution in [0.1, 0.15) is 120 Å². The van der Waals surface area contributed by atoms with Crippen LogP contribution in [0.2, 0.25) is 0 Å². The van der Waals surface area contributed by atoms with E-state index in [0.29, 0.717) is 18.6 Å². The second-order valence-electron chi connectivity index (χ2n) is 13.6. The molecule has 2 aliphatic rings. The third kappa shape index (κ3) is 8.63. The summed E-state index contributed by atoms with van der Waals surface area (Å²) in [6, 6.07) is 9.08. The van der Waals surface area contributed by atoms with Crippen molar-refractivity contribution in [3.05, 3.63) is 94.6 Å². The summed E-state index contributed by atoms with van der Waals surface area (Å²) in [5.74, 6) is -2.64. The number of halogens is 6. The minimum Gasteiger partial charge on any atom is -0.429 e. The molecule has 0 bridgehead atoms. The highest BCUT2D eigenvalue weighted by molar-refractivity contribution is 5.65. The molecule has 2 fully saturated rings. The summed E-state index contributed by atoms with van der Waals surface area (Å²) in [4.78, 5) is 0. The van der Waals surface area contributed by atoms with Gasteiger partial charge in [0.2, 0.25) is 0 Å². The SMILES string of the molecule is CC/C=C/c1ccc(OC(F)(F)c2c(F)cc(-c3ccc(C4CCC(C5CCC(CCCCC)CC5)CC4)cc3F)cc2F)cc1F. The summed E-state index contributed by atoms with van der Waals surface area (Å²) < 4.78 is 94.3. The molecule has 254 valence electrons. The third-order valence-electron chi connectivity index (χ3n) is 10.4. The first-order chi connectivity index (χ1) is 22.6. The van der Waals surface area contributed by atoms with Crippen molar-refractivity contribution < 1.29 is 31.1 Å². The average molecular weight is 657 g/mol. The smallest absolute Gasteiger partial charge is 0.429 e. The van der Waals surface area contributed by atoms with E-state index in [4.69, 9.17) is 0 Å². The van der Waals surface area contributed by atoms with Crippen LogP contribution in [-0.2, 0) is 6.11 Å². The Morgan fingerprint density at radius 1 is 0.723 bits per heavy atom. The predicted octanol–water partition coefficient (Wildman–Crippen LogP) is 13.1. The van der Waals surface area contributed by atoms with Crippen LogP contribution in [0.3, 0.4) is 0 Å². The maximum atomic E-state index is 15.4. The zero-order valence-electron chi connectivity index (χ0n) is 27.5. The van der Waals surface area contributed by atoms with Crippen molar-refractivity contribution in [1.29, 1.82) is 0 Å². The Kier molecular flexibility index (Phi) is 11.8. The van der Waals surface area contributed by atoms with Crippen LogP contribution in [0.25, 0.3) is 17.2 Å². The fourth-order valence-corrected chi connectivity index (χ4v) is 7.73. The maximum Gasteiger partial charge on any atom is 0.432 e. The van der Waals surface area contributed by atoms with Gasteiger partial charge in [-0.2, -0.15) is 8.78 Å². The first kappa shape index (κ1) is 35.1. The van der Waals surface area contributed by atoms with Crippen LogP contribution in [0, 0.1) is 41.0 Å². The van der Waals surface area contributed by atoms with Gasteiger partial charge in [0.25, 0.3) is 0 Å². The molecule has 3 aromatic carbocycles. The van der Waals surface area contributed by atoms with Crippen molar-refractivity contribution in [3.63, 3.8) is 0 Å². The van der Waals surface area contributed by atoms with Gasteiger partial charge in [0.15, 0.2) is 0 Å². The van der Waals surface area contributed by atoms with Gasteiger partial charge in [-0.05, 0) is 110 Å². The van der Waals surface area contributed by atoms with Crippen LogP contribution in [0.5, 0.6) is 5.75 Å². The van der Waals surface area contributed by atoms with Gasteiger partial charge in [0.05, 0.1) is 0 Å². The second-order valence-corrected chi connectivity index (χ2v) is 13.6. The minimum atomic E-state index is -4.45. The quantitative estimate of drug-likeness (QED) is 0.139. The Morgan fingerprint density at radius 2 is 1.38 bits per heavy atom. The summed E-state index contributed by atoms with van der Waals surface area (Å²) in [7, 11) is 0. The highest BCUT2D eigenvalue weighted by atomic mass is 19.3. The highest BCUT2D eigenvalue weighted by Crippen LogP contribution is 2.45. The van der Waals surface area contributed by atoms with Gasteiger partial charge in [-0.25, -0.2) is 17.6 Å². The van der Waals surface area contributed by atoms with E-state index in [0.717, 1.165) is 61.1 Å². The van der Waals surface area contributed by atoms with Gasteiger partial charge >= 0.3 is 6.11 Å². The van der Waals surface area contributed by atoms with Crippen LogP contribution >= 0.6 is 0 Å². The Hall–Kier alpha value is -3.22. The summed E-state index contributed by atoms with van der Waals surface area (Å²) in [6.45, 7) is 4.11. The summed E-state index contributed by atoms with van der Waals surface area (Å²) in [5, 5.41) is 0. The Balaban J connectivity index is 1.21. The van der Waals surface area contributed by atoms with E-state index in [1.807, 2.05) is 6.92 Å². The molecule has 7 heteroatoms. The molecule has 47 heavy (non-hydrogen) atoms. The molecule has 0 N–H and O–H groups in total. The molecule has 2 saturated carbocycles. The number of allylic oxidation sites excluding steroid dienone is 1. The van der Waals surface area contributed by atoms with Crippen molar-refractivity contribution in [2.75, 3.05) is 0 Å². The first-order valence-corrected chi connectivity index (χ1v) is 17.4. The van der Waals surface area contributed by atoms with Crippen molar-refractivity contribution >= 4 is 6.08 Å². The molecule has 0 spiro atoms. The van der Waals surface area contributed by atoms with E-state index < -0.39 is 40.7 Å². The maximum absolute atomic E-state index is 15.4. The van der Waals surface area contributed by atoms with Crippen LogP contribution < -0.4 is 4.74 Å². The van der Waals surface area contributed by atoms with Crippen molar-refractivity contribution in [2.24, 2.45) is 17.8 Å². The molecule has 0 saturated heterocycles. The van der Waals surface area contributed by atoms with E-state index in [1.165, 1.54) is 75.6 Å². The number of benzene rings is 3. The Morgan fingerprint density at radius 3 is 1.98 bits per heavy atom. The molecule has 2 aliphatic carbocycles. The van der Waals surface area contributed by atoms with Gasteiger partial charge in [-0.15, -0.1) is 0 Å². The highest BCUT2D eigenvalue weighted by Gasteiger charge is 2.41. The zero-order chi connectivity index (χ0) is 33.6. The van der Waals surface area contributed by atoms with E-state index in [1.54, 1.807) is 12.1 Å².